The van der Waals surface area contributed by atoms with Crippen LogP contribution in [0.1, 0.15) is 17.3 Å². The van der Waals surface area contributed by atoms with Gasteiger partial charge in [-0.05, 0) is 18.2 Å². The van der Waals surface area contributed by atoms with Gasteiger partial charge in [-0.15, -0.1) is 0 Å². The van der Waals surface area contributed by atoms with Gasteiger partial charge in [-0.2, -0.15) is 0 Å². The molecular weight excluding hydrogens is 214 g/mol. The highest BCUT2D eigenvalue weighted by molar-refractivity contribution is 6.26. The Bertz CT molecular complexity index is 641. The Morgan fingerprint density at radius 3 is 2.53 bits per heavy atom. The number of imide groups is 1. The lowest BCUT2D eigenvalue weighted by molar-refractivity contribution is -0.121. The number of nitrogens with zero attached hydrogens (tertiary/aromatic N) is 1. The van der Waals surface area contributed by atoms with Crippen molar-refractivity contribution in [3.8, 4) is 0 Å². The van der Waals surface area contributed by atoms with Crippen molar-refractivity contribution in [1.29, 1.82) is 0 Å². The highest BCUT2D eigenvalue weighted by Crippen LogP contribution is 2.10. The van der Waals surface area contributed by atoms with E-state index in [1.54, 1.807) is 6.07 Å². The lowest BCUT2D eigenvalue weighted by Gasteiger charge is -2.21. The minimum atomic E-state index is -0.299. The third-order valence-electron chi connectivity index (χ3n) is 2.95. The van der Waals surface area contributed by atoms with Gasteiger partial charge in [0.05, 0.1) is 0 Å². The molecule has 2 amide bonds. The van der Waals surface area contributed by atoms with Crippen LogP contribution in [0.15, 0.2) is 30.9 Å². The van der Waals surface area contributed by atoms with E-state index in [-0.39, 0.29) is 11.8 Å². The van der Waals surface area contributed by atoms with Crippen molar-refractivity contribution in [3.05, 3.63) is 46.9 Å². The Labute approximate surface area is 99.4 Å². The van der Waals surface area contributed by atoms with Gasteiger partial charge >= 0.3 is 0 Å². The van der Waals surface area contributed by atoms with Gasteiger partial charge in [-0.25, -0.2) is 0 Å². The van der Waals surface area contributed by atoms with Crippen molar-refractivity contribution in [2.75, 3.05) is 7.05 Å². The second-order valence-corrected chi connectivity index (χ2v) is 3.85. The van der Waals surface area contributed by atoms with Crippen molar-refractivity contribution in [2.24, 2.45) is 0 Å². The molecule has 1 aromatic carbocycles. The third kappa shape index (κ3) is 1.51. The number of hydrogen-bond donors (Lipinski definition) is 0. The molecule has 0 N–H and O–H groups in total. The number of amides is 2. The number of carbonyl (C=O) groups excluding carboxylic acids is 2. The summed E-state index contributed by atoms with van der Waals surface area (Å²) in [5.41, 5.74) is 1.04. The lowest BCUT2D eigenvalue weighted by Crippen LogP contribution is -2.47. The first-order chi connectivity index (χ1) is 8.11. The standard InChI is InChI=1S/C14H13NO2/c1-4-9-7-6-8-11-12(9)10(5-2)13(16)15(3)14(11)17/h4-8H,2H2,1,3H3/b9-4-. The van der Waals surface area contributed by atoms with Crippen LogP contribution >= 0.6 is 0 Å². The molecule has 3 nitrogen and oxygen atoms in total. The maximum absolute atomic E-state index is 12.0. The van der Waals surface area contributed by atoms with Gasteiger partial charge in [-0.1, -0.05) is 30.9 Å². The molecule has 0 bridgehead atoms. The molecule has 2 rings (SSSR count). The molecule has 1 aliphatic heterocycles. The fraction of sp³-hybridized carbons (Fsp3) is 0.143. The zero-order valence-electron chi connectivity index (χ0n) is 9.86. The van der Waals surface area contributed by atoms with E-state index in [9.17, 15) is 9.59 Å². The fourth-order valence-corrected chi connectivity index (χ4v) is 2.04. The average molecular weight is 227 g/mol. The Hall–Kier alpha value is -2.16. The zero-order valence-corrected chi connectivity index (χ0v) is 9.86. The Morgan fingerprint density at radius 1 is 1.24 bits per heavy atom. The minimum absolute atomic E-state index is 0.265. The molecule has 0 fully saturated rings. The zero-order chi connectivity index (χ0) is 12.6. The number of rotatable bonds is 1. The molecule has 17 heavy (non-hydrogen) atoms. The summed E-state index contributed by atoms with van der Waals surface area (Å²) in [6, 6.07) is 5.43. The fourth-order valence-electron chi connectivity index (χ4n) is 2.04. The first kappa shape index (κ1) is 11.3. The van der Waals surface area contributed by atoms with E-state index in [0.717, 1.165) is 10.1 Å². The summed E-state index contributed by atoms with van der Waals surface area (Å²) < 4.78 is 0. The Kier molecular flexibility index (Phi) is 2.68. The van der Waals surface area contributed by atoms with Crippen LogP contribution in [0, 0.1) is 0 Å². The van der Waals surface area contributed by atoms with Crippen LogP contribution < -0.4 is 10.4 Å². The summed E-state index contributed by atoms with van der Waals surface area (Å²) >= 11 is 0. The Morgan fingerprint density at radius 2 is 1.94 bits per heavy atom. The summed E-state index contributed by atoms with van der Waals surface area (Å²) in [6.07, 6.45) is 3.39. The van der Waals surface area contributed by atoms with Crippen LogP contribution in [-0.4, -0.2) is 23.8 Å². The molecule has 86 valence electrons. The smallest absolute Gasteiger partial charge is 0.261 e. The van der Waals surface area contributed by atoms with Crippen LogP contribution in [0.25, 0.3) is 11.6 Å². The topological polar surface area (TPSA) is 37.4 Å². The molecule has 1 aromatic rings. The lowest BCUT2D eigenvalue weighted by atomic mass is 9.98. The number of benzene rings is 1. The van der Waals surface area contributed by atoms with Gasteiger partial charge in [0.2, 0.25) is 0 Å². The summed E-state index contributed by atoms with van der Waals surface area (Å²) in [5.74, 6) is -0.564. The molecule has 0 saturated heterocycles. The largest absolute Gasteiger partial charge is 0.277 e. The molecule has 1 heterocycles. The molecule has 0 aliphatic carbocycles. The summed E-state index contributed by atoms with van der Waals surface area (Å²) in [7, 11) is 1.49. The van der Waals surface area contributed by atoms with Crippen LogP contribution in [-0.2, 0) is 4.79 Å². The minimum Gasteiger partial charge on any atom is -0.277 e. The molecule has 0 aromatic heterocycles. The molecule has 1 aliphatic rings. The van der Waals surface area contributed by atoms with E-state index in [1.165, 1.54) is 13.1 Å². The predicted molar refractivity (Wildman–Crippen MR) is 66.5 cm³/mol. The van der Waals surface area contributed by atoms with Crippen LogP contribution in [0.2, 0.25) is 0 Å². The maximum Gasteiger partial charge on any atom is 0.261 e. The van der Waals surface area contributed by atoms with E-state index >= 15 is 0 Å². The van der Waals surface area contributed by atoms with Crippen LogP contribution in [0.3, 0.4) is 0 Å². The summed E-state index contributed by atoms with van der Waals surface area (Å²) in [5, 5.41) is 1.57. The van der Waals surface area contributed by atoms with Crippen molar-refractivity contribution >= 4 is 23.5 Å². The van der Waals surface area contributed by atoms with Crippen molar-refractivity contribution in [1.82, 2.24) is 4.90 Å². The second kappa shape index (κ2) is 4.01. The maximum atomic E-state index is 12.0. The third-order valence-corrected chi connectivity index (χ3v) is 2.95. The van der Waals surface area contributed by atoms with Gasteiger partial charge in [0.15, 0.2) is 0 Å². The van der Waals surface area contributed by atoms with Gasteiger partial charge in [0, 0.05) is 23.4 Å². The molecule has 0 spiro atoms. The van der Waals surface area contributed by atoms with E-state index < -0.39 is 0 Å². The van der Waals surface area contributed by atoms with Gasteiger partial charge in [-0.3, -0.25) is 14.5 Å². The second-order valence-electron chi connectivity index (χ2n) is 3.85. The SMILES string of the molecule is C=CC1=c2c(ccc/c2=C/C)C(=O)N(C)C1=O. The number of hydrogen-bond acceptors (Lipinski definition) is 2. The molecular formula is C14H13NO2. The summed E-state index contributed by atoms with van der Waals surface area (Å²) in [6.45, 7) is 5.54. The van der Waals surface area contributed by atoms with Crippen molar-refractivity contribution in [3.63, 3.8) is 0 Å². The van der Waals surface area contributed by atoms with E-state index in [4.69, 9.17) is 0 Å². The molecule has 0 unspecified atom stereocenters. The van der Waals surface area contributed by atoms with E-state index in [0.29, 0.717) is 16.4 Å². The Balaban J connectivity index is 3.06. The first-order valence-corrected chi connectivity index (χ1v) is 5.36. The summed E-state index contributed by atoms with van der Waals surface area (Å²) in [4.78, 5) is 25.1. The number of carbonyl (C=O) groups is 2. The van der Waals surface area contributed by atoms with Gasteiger partial charge < -0.3 is 0 Å². The van der Waals surface area contributed by atoms with Crippen molar-refractivity contribution < 1.29 is 9.59 Å². The number of fused-ring (bicyclic) bond motifs is 1. The first-order valence-electron chi connectivity index (χ1n) is 5.36. The van der Waals surface area contributed by atoms with Crippen molar-refractivity contribution in [2.45, 2.75) is 6.92 Å². The predicted octanol–water partition coefficient (Wildman–Crippen LogP) is 0.436. The molecule has 0 radical (unpaired) electrons. The monoisotopic (exact) mass is 227 g/mol. The van der Waals surface area contributed by atoms with Crippen LogP contribution in [0.5, 0.6) is 0 Å². The molecule has 3 heteroatoms. The van der Waals surface area contributed by atoms with Gasteiger partial charge in [0.1, 0.15) is 0 Å². The van der Waals surface area contributed by atoms with E-state index in [2.05, 4.69) is 6.58 Å². The van der Waals surface area contributed by atoms with Crippen LogP contribution in [0.4, 0.5) is 0 Å². The van der Waals surface area contributed by atoms with E-state index in [1.807, 2.05) is 25.1 Å². The average Bonchev–Trinajstić information content (AvgIpc) is 2.36. The highest BCUT2D eigenvalue weighted by Gasteiger charge is 2.27. The van der Waals surface area contributed by atoms with Gasteiger partial charge in [0.25, 0.3) is 11.8 Å². The normalized spacial score (nSPS) is 16.2. The highest BCUT2D eigenvalue weighted by atomic mass is 16.2. The molecule has 0 atom stereocenters. The molecule has 0 saturated carbocycles. The quantitative estimate of drug-likeness (QED) is 0.653.